The molecule has 3 heteroatoms. The molecule has 152 valence electrons. The molecule has 0 aromatic heterocycles. The van der Waals surface area contributed by atoms with Crippen LogP contribution in [-0.4, -0.2) is 48.6 Å². The lowest BCUT2D eigenvalue weighted by Gasteiger charge is -2.41. The van der Waals surface area contributed by atoms with Crippen molar-refractivity contribution < 1.29 is 0 Å². The van der Waals surface area contributed by atoms with Crippen LogP contribution in [0.2, 0.25) is 0 Å². The van der Waals surface area contributed by atoms with Crippen molar-refractivity contribution in [3.05, 3.63) is 71.8 Å². The van der Waals surface area contributed by atoms with Gasteiger partial charge in [-0.3, -0.25) is 0 Å². The molecule has 0 aliphatic carbocycles. The molecule has 2 aliphatic rings. The Labute approximate surface area is 175 Å². The van der Waals surface area contributed by atoms with Gasteiger partial charge in [0.2, 0.25) is 0 Å². The van der Waals surface area contributed by atoms with Crippen LogP contribution in [0.3, 0.4) is 0 Å². The van der Waals surface area contributed by atoms with E-state index < -0.39 is 5.41 Å². The van der Waals surface area contributed by atoms with Crippen molar-refractivity contribution in [2.75, 3.05) is 32.7 Å². The number of hydrogen-bond acceptors (Lipinski definition) is 3. The number of hydrogen-bond donors (Lipinski definition) is 0. The molecule has 2 saturated heterocycles. The maximum absolute atomic E-state index is 10.3. The van der Waals surface area contributed by atoms with E-state index in [1.165, 1.54) is 45.2 Å². The van der Waals surface area contributed by atoms with Crippen molar-refractivity contribution in [1.82, 2.24) is 9.80 Å². The molecule has 0 amide bonds. The van der Waals surface area contributed by atoms with E-state index in [9.17, 15) is 5.26 Å². The maximum atomic E-state index is 10.3. The summed E-state index contributed by atoms with van der Waals surface area (Å²) in [6.07, 6.45) is 7.54. The molecule has 0 bridgehead atoms. The van der Waals surface area contributed by atoms with Crippen LogP contribution in [0, 0.1) is 11.3 Å². The molecular formula is C26H33N3. The third-order valence-corrected chi connectivity index (χ3v) is 6.99. The molecule has 29 heavy (non-hydrogen) atoms. The summed E-state index contributed by atoms with van der Waals surface area (Å²) < 4.78 is 0. The fourth-order valence-corrected chi connectivity index (χ4v) is 5.20. The van der Waals surface area contributed by atoms with E-state index in [1.54, 1.807) is 0 Å². The van der Waals surface area contributed by atoms with Gasteiger partial charge in [-0.15, -0.1) is 0 Å². The van der Waals surface area contributed by atoms with E-state index in [4.69, 9.17) is 0 Å². The van der Waals surface area contributed by atoms with Gasteiger partial charge in [-0.05, 0) is 69.4 Å². The number of nitrogens with zero attached hydrogens (tertiary/aromatic N) is 3. The molecule has 0 unspecified atom stereocenters. The quantitative estimate of drug-likeness (QED) is 0.711. The van der Waals surface area contributed by atoms with Crippen molar-refractivity contribution in [3.8, 4) is 6.07 Å². The summed E-state index contributed by atoms with van der Waals surface area (Å²) in [5, 5.41) is 10.3. The van der Waals surface area contributed by atoms with Gasteiger partial charge in [-0.1, -0.05) is 67.1 Å². The molecule has 0 atom stereocenters. The summed E-state index contributed by atoms with van der Waals surface area (Å²) in [6.45, 7) is 5.89. The fourth-order valence-electron chi connectivity index (χ4n) is 5.20. The van der Waals surface area contributed by atoms with Crippen LogP contribution < -0.4 is 0 Å². The molecule has 2 aromatic rings. The summed E-state index contributed by atoms with van der Waals surface area (Å²) in [4.78, 5) is 5.31. The van der Waals surface area contributed by atoms with Gasteiger partial charge in [-0.25, -0.2) is 0 Å². The average Bonchev–Trinajstić information content (AvgIpc) is 2.82. The molecule has 0 N–H and O–H groups in total. The summed E-state index contributed by atoms with van der Waals surface area (Å²) in [7, 11) is 0. The minimum Gasteiger partial charge on any atom is -0.303 e. The molecule has 0 radical (unpaired) electrons. The molecule has 3 nitrogen and oxygen atoms in total. The Kier molecular flexibility index (Phi) is 6.64. The molecule has 0 spiro atoms. The highest BCUT2D eigenvalue weighted by atomic mass is 15.2. The third kappa shape index (κ3) is 4.55. The summed E-state index contributed by atoms with van der Waals surface area (Å²) >= 11 is 0. The first-order valence-electron chi connectivity index (χ1n) is 11.3. The SMILES string of the molecule is N#CC(CCN1CCC(N2CCCCC2)CC1)(c1ccccc1)c1ccccc1. The normalized spacial score (nSPS) is 19.7. The van der Waals surface area contributed by atoms with Gasteiger partial charge in [0, 0.05) is 12.6 Å². The second-order valence-electron chi connectivity index (χ2n) is 8.67. The van der Waals surface area contributed by atoms with Crippen LogP contribution in [0.5, 0.6) is 0 Å². The Morgan fingerprint density at radius 1 is 0.793 bits per heavy atom. The Bertz CT molecular complexity index is 742. The Morgan fingerprint density at radius 2 is 1.34 bits per heavy atom. The molecule has 2 aromatic carbocycles. The van der Waals surface area contributed by atoms with Crippen molar-refractivity contribution >= 4 is 0 Å². The van der Waals surface area contributed by atoms with Gasteiger partial charge >= 0.3 is 0 Å². The van der Waals surface area contributed by atoms with Gasteiger partial charge in [0.25, 0.3) is 0 Å². The predicted octanol–water partition coefficient (Wildman–Crippen LogP) is 4.84. The standard InChI is InChI=1S/C26H33N3/c27-22-26(23-10-4-1-5-11-23,24-12-6-2-7-13-24)16-21-28-19-14-25(15-20-28)29-17-8-3-9-18-29/h1-2,4-7,10-13,25H,3,8-9,14-21H2. The van der Waals surface area contributed by atoms with Gasteiger partial charge in [0.05, 0.1) is 6.07 Å². The lowest BCUT2D eigenvalue weighted by atomic mass is 9.73. The van der Waals surface area contributed by atoms with Crippen LogP contribution in [0.1, 0.15) is 49.7 Å². The smallest absolute Gasteiger partial charge is 0.108 e. The zero-order chi connectivity index (χ0) is 19.9. The van der Waals surface area contributed by atoms with E-state index in [-0.39, 0.29) is 0 Å². The van der Waals surface area contributed by atoms with E-state index in [1.807, 2.05) is 12.1 Å². The topological polar surface area (TPSA) is 30.3 Å². The number of piperidine rings is 2. The Morgan fingerprint density at radius 3 is 1.86 bits per heavy atom. The van der Waals surface area contributed by atoms with Crippen LogP contribution in [0.15, 0.2) is 60.7 Å². The third-order valence-electron chi connectivity index (χ3n) is 6.99. The van der Waals surface area contributed by atoms with Gasteiger partial charge < -0.3 is 9.80 Å². The summed E-state index contributed by atoms with van der Waals surface area (Å²) in [6, 6.07) is 24.2. The monoisotopic (exact) mass is 387 g/mol. The molecule has 2 fully saturated rings. The van der Waals surface area contributed by atoms with Crippen LogP contribution >= 0.6 is 0 Å². The van der Waals surface area contributed by atoms with Crippen molar-refractivity contribution in [2.24, 2.45) is 0 Å². The Hall–Kier alpha value is -2.15. The van der Waals surface area contributed by atoms with Gasteiger partial charge in [0.1, 0.15) is 5.41 Å². The highest BCUT2D eigenvalue weighted by molar-refractivity contribution is 5.45. The first-order chi connectivity index (χ1) is 14.3. The van der Waals surface area contributed by atoms with Gasteiger partial charge in [-0.2, -0.15) is 5.26 Å². The number of benzene rings is 2. The van der Waals surface area contributed by atoms with Crippen molar-refractivity contribution in [3.63, 3.8) is 0 Å². The lowest BCUT2D eigenvalue weighted by molar-refractivity contribution is 0.0907. The number of rotatable bonds is 6. The molecule has 4 rings (SSSR count). The van der Waals surface area contributed by atoms with Gasteiger partial charge in [0.15, 0.2) is 0 Å². The van der Waals surface area contributed by atoms with Crippen LogP contribution in [0.4, 0.5) is 0 Å². The van der Waals surface area contributed by atoms with E-state index in [2.05, 4.69) is 64.4 Å². The Balaban J connectivity index is 1.44. The van der Waals surface area contributed by atoms with Crippen LogP contribution in [-0.2, 0) is 5.41 Å². The molecule has 0 saturated carbocycles. The molecule has 2 aliphatic heterocycles. The fraction of sp³-hybridized carbons (Fsp3) is 0.500. The minimum absolute atomic E-state index is 0.577. The first-order valence-corrected chi connectivity index (χ1v) is 11.3. The second-order valence-corrected chi connectivity index (χ2v) is 8.67. The van der Waals surface area contributed by atoms with E-state index >= 15 is 0 Å². The van der Waals surface area contributed by atoms with Crippen LogP contribution in [0.25, 0.3) is 0 Å². The largest absolute Gasteiger partial charge is 0.303 e. The number of nitriles is 1. The molecule has 2 heterocycles. The summed E-state index contributed by atoms with van der Waals surface area (Å²) in [5.74, 6) is 0. The number of likely N-dealkylation sites (tertiary alicyclic amines) is 2. The average molecular weight is 388 g/mol. The second kappa shape index (κ2) is 9.57. The van der Waals surface area contributed by atoms with Crippen molar-refractivity contribution in [1.29, 1.82) is 5.26 Å². The highest BCUT2D eigenvalue weighted by Crippen LogP contribution is 2.35. The zero-order valence-corrected chi connectivity index (χ0v) is 17.5. The first kappa shape index (κ1) is 20.1. The predicted molar refractivity (Wildman–Crippen MR) is 119 cm³/mol. The molecular weight excluding hydrogens is 354 g/mol. The van der Waals surface area contributed by atoms with E-state index in [0.29, 0.717) is 0 Å². The highest BCUT2D eigenvalue weighted by Gasteiger charge is 2.35. The summed E-state index contributed by atoms with van der Waals surface area (Å²) in [5.41, 5.74) is 1.64. The van der Waals surface area contributed by atoms with Crippen molar-refractivity contribution in [2.45, 2.75) is 50.0 Å². The minimum atomic E-state index is -0.577. The van der Waals surface area contributed by atoms with E-state index in [0.717, 1.165) is 43.2 Å². The zero-order valence-electron chi connectivity index (χ0n) is 17.5. The maximum Gasteiger partial charge on any atom is 0.108 e. The lowest BCUT2D eigenvalue weighted by Crippen LogP contribution is -2.47.